The second-order valence-electron chi connectivity index (χ2n) is 6.24. The molecular weight excluding hydrogens is 286 g/mol. The third-order valence-electron chi connectivity index (χ3n) is 4.75. The van der Waals surface area contributed by atoms with Gasteiger partial charge in [-0.1, -0.05) is 29.8 Å². The highest BCUT2D eigenvalue weighted by Crippen LogP contribution is 2.35. The van der Waals surface area contributed by atoms with Gasteiger partial charge in [0.25, 0.3) is 0 Å². The van der Waals surface area contributed by atoms with Gasteiger partial charge in [-0.05, 0) is 44.2 Å². The fourth-order valence-corrected chi connectivity index (χ4v) is 3.83. The Labute approximate surface area is 132 Å². The zero-order valence-electron chi connectivity index (χ0n) is 12.6. The first-order valence-electron chi connectivity index (χ1n) is 7.91. The highest BCUT2D eigenvalue weighted by atomic mass is 35.5. The van der Waals surface area contributed by atoms with E-state index in [1.165, 1.54) is 5.56 Å². The van der Waals surface area contributed by atoms with Crippen molar-refractivity contribution < 1.29 is 9.47 Å². The highest BCUT2D eigenvalue weighted by Gasteiger charge is 2.39. The van der Waals surface area contributed by atoms with Gasteiger partial charge in [-0.2, -0.15) is 0 Å². The molecule has 1 unspecified atom stereocenters. The molecule has 0 saturated carbocycles. The second kappa shape index (κ2) is 6.66. The van der Waals surface area contributed by atoms with Gasteiger partial charge in [-0.25, -0.2) is 0 Å². The van der Waals surface area contributed by atoms with Gasteiger partial charge < -0.3 is 14.8 Å². The molecule has 4 heteroatoms. The molecule has 0 radical (unpaired) electrons. The lowest BCUT2D eigenvalue weighted by Crippen LogP contribution is -2.50. The van der Waals surface area contributed by atoms with Crippen LogP contribution in [0.15, 0.2) is 24.3 Å². The van der Waals surface area contributed by atoms with Crippen LogP contribution in [0.2, 0.25) is 5.02 Å². The van der Waals surface area contributed by atoms with E-state index in [2.05, 4.69) is 18.3 Å². The Morgan fingerprint density at radius 1 is 1.24 bits per heavy atom. The van der Waals surface area contributed by atoms with Crippen LogP contribution in [0, 0.1) is 0 Å². The number of halogens is 1. The molecular formula is C17H24ClNO2. The van der Waals surface area contributed by atoms with E-state index in [1.54, 1.807) is 0 Å². The number of ether oxygens (including phenoxy) is 2. The molecule has 2 fully saturated rings. The van der Waals surface area contributed by atoms with Crippen LogP contribution in [0.25, 0.3) is 0 Å². The normalized spacial score (nSPS) is 26.7. The third-order valence-corrected chi connectivity index (χ3v) is 5.10. The molecule has 0 amide bonds. The van der Waals surface area contributed by atoms with Crippen LogP contribution in [0.5, 0.6) is 0 Å². The number of benzene rings is 1. The Morgan fingerprint density at radius 3 is 2.76 bits per heavy atom. The van der Waals surface area contributed by atoms with E-state index < -0.39 is 0 Å². The minimum absolute atomic E-state index is 0.0361. The topological polar surface area (TPSA) is 30.5 Å². The summed E-state index contributed by atoms with van der Waals surface area (Å²) in [4.78, 5) is 0. The van der Waals surface area contributed by atoms with Crippen molar-refractivity contribution in [1.29, 1.82) is 0 Å². The third kappa shape index (κ3) is 3.59. The van der Waals surface area contributed by atoms with Crippen molar-refractivity contribution >= 4 is 11.6 Å². The first kappa shape index (κ1) is 15.3. The standard InChI is InChI=1S/C17H24ClNO2/c1-13(15-4-2-3-5-16(15)18)19-14-6-9-21-17(12-14)7-10-20-11-8-17/h2-5,13-14,19H,6-12H2,1H3/t13-,14?/m0/s1. The Hall–Kier alpha value is -0.610. The van der Waals surface area contributed by atoms with E-state index in [9.17, 15) is 0 Å². The predicted molar refractivity (Wildman–Crippen MR) is 84.8 cm³/mol. The molecule has 2 aliphatic rings. The Balaban J connectivity index is 1.63. The van der Waals surface area contributed by atoms with Crippen molar-refractivity contribution in [3.05, 3.63) is 34.9 Å². The van der Waals surface area contributed by atoms with Gasteiger partial charge in [0.15, 0.2) is 0 Å². The zero-order valence-corrected chi connectivity index (χ0v) is 13.4. The molecule has 21 heavy (non-hydrogen) atoms. The van der Waals surface area contributed by atoms with Gasteiger partial charge >= 0.3 is 0 Å². The summed E-state index contributed by atoms with van der Waals surface area (Å²) in [6.07, 6.45) is 4.18. The van der Waals surface area contributed by atoms with Gasteiger partial charge in [-0.3, -0.25) is 0 Å². The van der Waals surface area contributed by atoms with Crippen molar-refractivity contribution in [2.24, 2.45) is 0 Å². The molecule has 2 heterocycles. The van der Waals surface area contributed by atoms with Crippen molar-refractivity contribution in [3.8, 4) is 0 Å². The number of hydrogen-bond donors (Lipinski definition) is 1. The average molecular weight is 310 g/mol. The Kier molecular flexibility index (Phi) is 4.85. The fourth-order valence-electron chi connectivity index (χ4n) is 3.53. The maximum Gasteiger partial charge on any atom is 0.0741 e. The quantitative estimate of drug-likeness (QED) is 0.923. The van der Waals surface area contributed by atoms with Gasteiger partial charge in [0.2, 0.25) is 0 Å². The summed E-state index contributed by atoms with van der Waals surface area (Å²) in [6, 6.07) is 8.83. The van der Waals surface area contributed by atoms with Crippen LogP contribution in [0.1, 0.15) is 44.2 Å². The molecule has 3 nitrogen and oxygen atoms in total. The minimum Gasteiger partial charge on any atom is -0.381 e. The van der Waals surface area contributed by atoms with Crippen LogP contribution in [-0.4, -0.2) is 31.5 Å². The molecule has 0 aliphatic carbocycles. The van der Waals surface area contributed by atoms with Gasteiger partial charge in [-0.15, -0.1) is 0 Å². The zero-order chi connectivity index (χ0) is 14.7. The lowest BCUT2D eigenvalue weighted by atomic mass is 9.83. The summed E-state index contributed by atoms with van der Waals surface area (Å²) >= 11 is 6.30. The van der Waals surface area contributed by atoms with E-state index in [-0.39, 0.29) is 11.6 Å². The Morgan fingerprint density at radius 2 is 2.00 bits per heavy atom. The average Bonchev–Trinajstić information content (AvgIpc) is 2.48. The fraction of sp³-hybridized carbons (Fsp3) is 0.647. The number of nitrogens with one attached hydrogen (secondary N) is 1. The first-order chi connectivity index (χ1) is 10.2. The molecule has 1 N–H and O–H groups in total. The van der Waals surface area contributed by atoms with Crippen molar-refractivity contribution in [3.63, 3.8) is 0 Å². The van der Waals surface area contributed by atoms with Gasteiger partial charge in [0.1, 0.15) is 0 Å². The molecule has 1 aromatic carbocycles. The summed E-state index contributed by atoms with van der Waals surface area (Å²) in [5.41, 5.74) is 1.21. The summed E-state index contributed by atoms with van der Waals surface area (Å²) in [5, 5.41) is 4.58. The van der Waals surface area contributed by atoms with Crippen LogP contribution >= 0.6 is 11.6 Å². The first-order valence-corrected chi connectivity index (χ1v) is 8.28. The molecule has 1 aromatic rings. The molecule has 116 valence electrons. The van der Waals surface area contributed by atoms with Crippen LogP contribution < -0.4 is 5.32 Å². The van der Waals surface area contributed by atoms with E-state index in [0.717, 1.165) is 50.5 Å². The summed E-state index contributed by atoms with van der Waals surface area (Å²) in [6.45, 7) is 4.68. The molecule has 2 saturated heterocycles. The molecule has 1 spiro atoms. The van der Waals surface area contributed by atoms with Gasteiger partial charge in [0, 0.05) is 36.9 Å². The maximum absolute atomic E-state index is 6.30. The van der Waals surface area contributed by atoms with Gasteiger partial charge in [0.05, 0.1) is 5.60 Å². The van der Waals surface area contributed by atoms with E-state index in [1.807, 2.05) is 18.2 Å². The highest BCUT2D eigenvalue weighted by molar-refractivity contribution is 6.31. The number of rotatable bonds is 3. The van der Waals surface area contributed by atoms with E-state index in [0.29, 0.717) is 6.04 Å². The van der Waals surface area contributed by atoms with Crippen LogP contribution in [0.3, 0.4) is 0 Å². The summed E-state index contributed by atoms with van der Waals surface area (Å²) in [5.74, 6) is 0. The lowest BCUT2D eigenvalue weighted by molar-refractivity contribution is -0.140. The van der Waals surface area contributed by atoms with Crippen molar-refractivity contribution in [2.75, 3.05) is 19.8 Å². The minimum atomic E-state index is 0.0361. The van der Waals surface area contributed by atoms with Crippen molar-refractivity contribution in [2.45, 2.75) is 50.3 Å². The molecule has 2 atom stereocenters. The van der Waals surface area contributed by atoms with E-state index in [4.69, 9.17) is 21.1 Å². The largest absolute Gasteiger partial charge is 0.381 e. The Bertz CT molecular complexity index is 468. The monoisotopic (exact) mass is 309 g/mol. The second-order valence-corrected chi connectivity index (χ2v) is 6.65. The predicted octanol–water partition coefficient (Wildman–Crippen LogP) is 3.72. The lowest BCUT2D eigenvalue weighted by Gasteiger charge is -2.44. The summed E-state index contributed by atoms with van der Waals surface area (Å²) in [7, 11) is 0. The SMILES string of the molecule is C[C@H](NC1CCOC2(CCOCC2)C1)c1ccccc1Cl. The molecule has 0 bridgehead atoms. The molecule has 3 rings (SSSR count). The number of hydrogen-bond acceptors (Lipinski definition) is 3. The van der Waals surface area contributed by atoms with Crippen LogP contribution in [0.4, 0.5) is 0 Å². The van der Waals surface area contributed by atoms with E-state index >= 15 is 0 Å². The maximum atomic E-state index is 6.30. The molecule has 0 aromatic heterocycles. The van der Waals surface area contributed by atoms with Crippen molar-refractivity contribution in [1.82, 2.24) is 5.32 Å². The summed E-state index contributed by atoms with van der Waals surface area (Å²) < 4.78 is 11.6. The smallest absolute Gasteiger partial charge is 0.0741 e. The van der Waals surface area contributed by atoms with Crippen LogP contribution in [-0.2, 0) is 9.47 Å². The molecule has 2 aliphatic heterocycles.